The van der Waals surface area contributed by atoms with Gasteiger partial charge in [0.25, 0.3) is 5.91 Å². The van der Waals surface area contributed by atoms with Crippen molar-refractivity contribution in [3.8, 4) is 5.75 Å². The molecular weight excluding hydrogens is 352 g/mol. The number of para-hydroxylation sites is 1. The molecule has 1 aliphatic heterocycles. The molecule has 144 valence electrons. The van der Waals surface area contributed by atoms with E-state index in [9.17, 15) is 13.2 Å². The normalized spacial score (nSPS) is 26.1. The fourth-order valence-electron chi connectivity index (χ4n) is 3.95. The highest BCUT2D eigenvalue weighted by atomic mass is 32.2. The Morgan fingerprint density at radius 3 is 2.50 bits per heavy atom. The molecule has 2 atom stereocenters. The molecular formula is C19H28N2O4S. The number of amides is 1. The number of fused-ring (bicyclic) bond motifs is 2. The van der Waals surface area contributed by atoms with E-state index in [0.29, 0.717) is 24.4 Å². The molecule has 0 saturated heterocycles. The van der Waals surface area contributed by atoms with E-state index in [0.717, 1.165) is 38.5 Å². The molecule has 2 aliphatic rings. The second-order valence-electron chi connectivity index (χ2n) is 7.31. The topological polar surface area (TPSA) is 66.9 Å². The molecule has 0 unspecified atom stereocenters. The van der Waals surface area contributed by atoms with Crippen molar-refractivity contribution in [2.75, 3.05) is 26.4 Å². The number of sulfonamides is 1. The van der Waals surface area contributed by atoms with Gasteiger partial charge >= 0.3 is 0 Å². The van der Waals surface area contributed by atoms with Gasteiger partial charge in [-0.25, -0.2) is 8.42 Å². The molecule has 1 aromatic rings. The Hall–Kier alpha value is -1.60. The summed E-state index contributed by atoms with van der Waals surface area (Å²) < 4.78 is 32.7. The van der Waals surface area contributed by atoms with Crippen molar-refractivity contribution in [1.82, 2.24) is 9.21 Å². The third-order valence-corrected chi connectivity index (χ3v) is 6.63. The van der Waals surface area contributed by atoms with Gasteiger partial charge < -0.3 is 9.64 Å². The Morgan fingerprint density at radius 1 is 1.04 bits per heavy atom. The SMILES string of the molecule is CN1CCCCN(S(C)(=O)=O)[C@@H]2CCCC[C@@H]2Oc2ccccc2C1=O. The summed E-state index contributed by atoms with van der Waals surface area (Å²) in [6, 6.07) is 7.11. The summed E-state index contributed by atoms with van der Waals surface area (Å²) in [5.41, 5.74) is 0.547. The first-order valence-corrected chi connectivity index (χ1v) is 11.2. The van der Waals surface area contributed by atoms with Crippen LogP contribution in [0.2, 0.25) is 0 Å². The molecule has 1 aromatic carbocycles. The van der Waals surface area contributed by atoms with Crippen molar-refractivity contribution in [3.63, 3.8) is 0 Å². The van der Waals surface area contributed by atoms with Gasteiger partial charge in [0.05, 0.1) is 17.9 Å². The maximum Gasteiger partial charge on any atom is 0.257 e. The molecule has 1 aliphatic carbocycles. The summed E-state index contributed by atoms with van der Waals surface area (Å²) in [6.45, 7) is 1.08. The number of benzene rings is 1. The molecule has 6 nitrogen and oxygen atoms in total. The third-order valence-electron chi connectivity index (χ3n) is 5.33. The lowest BCUT2D eigenvalue weighted by Gasteiger charge is -2.39. The van der Waals surface area contributed by atoms with E-state index in [-0.39, 0.29) is 18.1 Å². The maximum atomic E-state index is 12.8. The number of rotatable bonds is 1. The standard InChI is InChI=1S/C19H28N2O4S/c1-20-13-7-8-14-21(26(2,23)24)16-10-4-6-12-18(16)25-17-11-5-3-9-15(17)19(20)22/h3,5,9,11,16,18H,4,6-8,10,12-14H2,1-2H3/t16-,18+/m1/s1. The van der Waals surface area contributed by atoms with Gasteiger partial charge in [-0.3, -0.25) is 4.79 Å². The summed E-state index contributed by atoms with van der Waals surface area (Å²) in [4.78, 5) is 14.5. The first kappa shape index (κ1) is 19.2. The van der Waals surface area contributed by atoms with Crippen LogP contribution in [0.5, 0.6) is 5.75 Å². The third kappa shape index (κ3) is 4.20. The Labute approximate surface area is 156 Å². The molecule has 0 bridgehead atoms. The highest BCUT2D eigenvalue weighted by molar-refractivity contribution is 7.88. The molecule has 0 aromatic heterocycles. The number of nitrogens with zero attached hydrogens (tertiary/aromatic N) is 2. The molecule has 3 rings (SSSR count). The number of carbonyl (C=O) groups excluding carboxylic acids is 1. The minimum absolute atomic E-state index is 0.0477. The fraction of sp³-hybridized carbons (Fsp3) is 0.632. The zero-order chi connectivity index (χ0) is 18.7. The van der Waals surface area contributed by atoms with Gasteiger partial charge in [0.15, 0.2) is 0 Å². The minimum atomic E-state index is -3.31. The average Bonchev–Trinajstić information content (AvgIpc) is 2.60. The molecule has 1 amide bonds. The smallest absolute Gasteiger partial charge is 0.257 e. The summed E-state index contributed by atoms with van der Waals surface area (Å²) in [6.07, 6.45) is 6.17. The van der Waals surface area contributed by atoms with Gasteiger partial charge in [0, 0.05) is 20.1 Å². The van der Waals surface area contributed by atoms with Crippen molar-refractivity contribution in [2.24, 2.45) is 0 Å². The second kappa shape index (κ2) is 7.96. The largest absolute Gasteiger partial charge is 0.488 e. The Morgan fingerprint density at radius 2 is 1.73 bits per heavy atom. The molecule has 0 N–H and O–H groups in total. The molecule has 0 spiro atoms. The van der Waals surface area contributed by atoms with Crippen LogP contribution in [0.25, 0.3) is 0 Å². The van der Waals surface area contributed by atoms with Crippen LogP contribution in [0, 0.1) is 0 Å². The van der Waals surface area contributed by atoms with E-state index in [4.69, 9.17) is 4.74 Å². The van der Waals surface area contributed by atoms with Crippen LogP contribution < -0.4 is 4.74 Å². The molecule has 1 saturated carbocycles. The van der Waals surface area contributed by atoms with Crippen LogP contribution in [0.4, 0.5) is 0 Å². The number of ether oxygens (including phenoxy) is 1. The Kier molecular flexibility index (Phi) is 5.87. The van der Waals surface area contributed by atoms with Crippen LogP contribution in [0.1, 0.15) is 48.9 Å². The zero-order valence-corrected chi connectivity index (χ0v) is 16.4. The van der Waals surface area contributed by atoms with Gasteiger partial charge in [0.1, 0.15) is 11.9 Å². The van der Waals surface area contributed by atoms with Crippen LogP contribution in [-0.4, -0.2) is 62.1 Å². The van der Waals surface area contributed by atoms with E-state index < -0.39 is 10.0 Å². The van der Waals surface area contributed by atoms with Gasteiger partial charge in [-0.15, -0.1) is 0 Å². The molecule has 7 heteroatoms. The van der Waals surface area contributed by atoms with Crippen molar-refractivity contribution in [1.29, 1.82) is 0 Å². The maximum absolute atomic E-state index is 12.8. The number of hydrogen-bond donors (Lipinski definition) is 0. The van der Waals surface area contributed by atoms with Crippen LogP contribution in [0.15, 0.2) is 24.3 Å². The average molecular weight is 381 g/mol. The van der Waals surface area contributed by atoms with Crippen molar-refractivity contribution < 1.29 is 17.9 Å². The predicted molar refractivity (Wildman–Crippen MR) is 101 cm³/mol. The predicted octanol–water partition coefficient (Wildman–Crippen LogP) is 2.50. The van der Waals surface area contributed by atoms with Crippen molar-refractivity contribution in [3.05, 3.63) is 29.8 Å². The van der Waals surface area contributed by atoms with Gasteiger partial charge in [-0.2, -0.15) is 4.31 Å². The first-order valence-electron chi connectivity index (χ1n) is 9.36. The highest BCUT2D eigenvalue weighted by Gasteiger charge is 2.37. The number of carbonyl (C=O) groups is 1. The molecule has 0 radical (unpaired) electrons. The number of hydrogen-bond acceptors (Lipinski definition) is 4. The van der Waals surface area contributed by atoms with Crippen LogP contribution in [-0.2, 0) is 10.0 Å². The fourth-order valence-corrected chi connectivity index (χ4v) is 5.15. The van der Waals surface area contributed by atoms with E-state index in [1.165, 1.54) is 6.26 Å². The minimum Gasteiger partial charge on any atom is -0.488 e. The zero-order valence-electron chi connectivity index (χ0n) is 15.6. The van der Waals surface area contributed by atoms with Gasteiger partial charge in [-0.05, 0) is 44.2 Å². The van der Waals surface area contributed by atoms with E-state index >= 15 is 0 Å². The van der Waals surface area contributed by atoms with Gasteiger partial charge in [-0.1, -0.05) is 18.6 Å². The summed E-state index contributed by atoms with van der Waals surface area (Å²) >= 11 is 0. The summed E-state index contributed by atoms with van der Waals surface area (Å²) in [5, 5.41) is 0. The summed E-state index contributed by atoms with van der Waals surface area (Å²) in [7, 11) is -1.53. The van der Waals surface area contributed by atoms with Crippen molar-refractivity contribution in [2.45, 2.75) is 50.7 Å². The quantitative estimate of drug-likeness (QED) is 0.751. The van der Waals surface area contributed by atoms with Gasteiger partial charge in [0.2, 0.25) is 10.0 Å². The monoisotopic (exact) mass is 380 g/mol. The van der Waals surface area contributed by atoms with Crippen LogP contribution in [0.3, 0.4) is 0 Å². The van der Waals surface area contributed by atoms with Crippen molar-refractivity contribution >= 4 is 15.9 Å². The lowest BCUT2D eigenvalue weighted by Crippen LogP contribution is -2.51. The molecule has 1 fully saturated rings. The lowest BCUT2D eigenvalue weighted by molar-refractivity contribution is 0.0660. The van der Waals surface area contributed by atoms with E-state index in [1.54, 1.807) is 22.3 Å². The van der Waals surface area contributed by atoms with Crippen LogP contribution >= 0.6 is 0 Å². The van der Waals surface area contributed by atoms with E-state index in [1.807, 2.05) is 18.2 Å². The Bertz CT molecular complexity index is 750. The molecule has 26 heavy (non-hydrogen) atoms. The first-order chi connectivity index (χ1) is 12.4. The molecule has 1 heterocycles. The summed E-state index contributed by atoms with van der Waals surface area (Å²) in [5.74, 6) is 0.503. The van der Waals surface area contributed by atoms with E-state index in [2.05, 4.69) is 0 Å². The second-order valence-corrected chi connectivity index (χ2v) is 9.25. The highest BCUT2D eigenvalue weighted by Crippen LogP contribution is 2.31. The Balaban J connectivity index is 1.99. The lowest BCUT2D eigenvalue weighted by atomic mass is 9.92.